The summed E-state index contributed by atoms with van der Waals surface area (Å²) in [6.07, 6.45) is 1.65. The van der Waals surface area contributed by atoms with Crippen molar-refractivity contribution in [3.05, 3.63) is 107 Å². The minimum absolute atomic E-state index is 0.174. The minimum Gasteiger partial charge on any atom is -0.497 e. The molecule has 146 valence electrons. The largest absolute Gasteiger partial charge is 0.497 e. The first-order valence-corrected chi connectivity index (χ1v) is 9.20. The third-order valence-electron chi connectivity index (χ3n) is 4.25. The van der Waals surface area contributed by atoms with Crippen molar-refractivity contribution in [2.75, 3.05) is 7.11 Å². The van der Waals surface area contributed by atoms with E-state index in [4.69, 9.17) is 4.74 Å². The normalized spacial score (nSPS) is 10.9. The molecule has 0 aliphatic heterocycles. The number of methoxy groups -OCH3 is 1. The van der Waals surface area contributed by atoms with Crippen molar-refractivity contribution >= 4 is 17.9 Å². The Morgan fingerprint density at radius 1 is 0.862 bits per heavy atom. The number of benzene rings is 3. The number of ether oxygens (including phenoxy) is 1. The number of rotatable bonds is 7. The summed E-state index contributed by atoms with van der Waals surface area (Å²) in [4.78, 5) is 25.4. The van der Waals surface area contributed by atoms with Crippen LogP contribution in [0.5, 0.6) is 5.75 Å². The molecule has 3 rings (SSSR count). The van der Waals surface area contributed by atoms with Crippen LogP contribution in [0.3, 0.4) is 0 Å². The van der Waals surface area contributed by atoms with Crippen molar-refractivity contribution in [1.82, 2.24) is 10.6 Å². The van der Waals surface area contributed by atoms with Gasteiger partial charge in [-0.2, -0.15) is 0 Å². The minimum atomic E-state index is -0.371. The Morgan fingerprint density at radius 2 is 1.48 bits per heavy atom. The third kappa shape index (κ3) is 5.81. The summed E-state index contributed by atoms with van der Waals surface area (Å²) < 4.78 is 5.11. The Morgan fingerprint density at radius 3 is 2.10 bits per heavy atom. The Hall–Kier alpha value is -3.86. The van der Waals surface area contributed by atoms with Crippen LogP contribution in [0.15, 0.2) is 90.6 Å². The second kappa shape index (κ2) is 9.90. The van der Waals surface area contributed by atoms with Crippen molar-refractivity contribution in [1.29, 1.82) is 0 Å². The molecule has 0 heterocycles. The summed E-state index contributed by atoms with van der Waals surface area (Å²) in [7, 11) is 1.56. The lowest BCUT2D eigenvalue weighted by molar-refractivity contribution is -0.117. The first-order chi connectivity index (χ1) is 14.2. The van der Waals surface area contributed by atoms with E-state index in [0.29, 0.717) is 17.9 Å². The fraction of sp³-hybridized carbons (Fsp3) is 0.0833. The van der Waals surface area contributed by atoms with Crippen LogP contribution in [-0.2, 0) is 11.3 Å². The molecule has 0 saturated heterocycles. The van der Waals surface area contributed by atoms with E-state index in [1.54, 1.807) is 37.5 Å². The molecule has 0 fully saturated rings. The first kappa shape index (κ1) is 19.9. The smallest absolute Gasteiger partial charge is 0.268 e. The number of carbonyl (C=O) groups is 2. The first-order valence-electron chi connectivity index (χ1n) is 9.20. The molecule has 0 radical (unpaired) electrons. The zero-order valence-electron chi connectivity index (χ0n) is 16.1. The summed E-state index contributed by atoms with van der Waals surface area (Å²) in [6, 6.07) is 25.7. The fourth-order valence-corrected chi connectivity index (χ4v) is 2.68. The molecule has 5 heteroatoms. The molecule has 3 aromatic rings. The van der Waals surface area contributed by atoms with Gasteiger partial charge in [-0.05, 0) is 41.5 Å². The second-order valence-electron chi connectivity index (χ2n) is 6.32. The average Bonchev–Trinajstić information content (AvgIpc) is 2.78. The number of carbonyl (C=O) groups excluding carboxylic acids is 2. The monoisotopic (exact) mass is 386 g/mol. The average molecular weight is 386 g/mol. The maximum Gasteiger partial charge on any atom is 0.268 e. The molecule has 2 amide bonds. The number of amides is 2. The van der Waals surface area contributed by atoms with E-state index in [9.17, 15) is 9.59 Å². The molecule has 29 heavy (non-hydrogen) atoms. The van der Waals surface area contributed by atoms with Crippen LogP contribution < -0.4 is 15.4 Å². The van der Waals surface area contributed by atoms with E-state index < -0.39 is 0 Å². The number of nitrogens with one attached hydrogen (secondary N) is 2. The standard InChI is InChI=1S/C24H22N2O3/c1-29-21-14-12-20(13-15-21)23(27)26-22(16-18-8-4-2-5-9-18)24(28)25-17-19-10-6-3-7-11-19/h2-16H,17H2,1H3,(H,25,28)(H,26,27)/b22-16-. The molecule has 0 atom stereocenters. The van der Waals surface area contributed by atoms with Gasteiger partial charge in [-0.15, -0.1) is 0 Å². The molecule has 0 aliphatic carbocycles. The topological polar surface area (TPSA) is 67.4 Å². The third-order valence-corrected chi connectivity index (χ3v) is 4.25. The van der Waals surface area contributed by atoms with Crippen LogP contribution in [0, 0.1) is 0 Å². The van der Waals surface area contributed by atoms with Crippen LogP contribution in [0.25, 0.3) is 6.08 Å². The van der Waals surface area contributed by atoms with E-state index in [2.05, 4.69) is 10.6 Å². The van der Waals surface area contributed by atoms with Gasteiger partial charge in [0.25, 0.3) is 11.8 Å². The van der Waals surface area contributed by atoms with Gasteiger partial charge in [0, 0.05) is 12.1 Å². The lowest BCUT2D eigenvalue weighted by atomic mass is 10.1. The van der Waals surface area contributed by atoms with Crippen LogP contribution in [0.2, 0.25) is 0 Å². The van der Waals surface area contributed by atoms with Gasteiger partial charge >= 0.3 is 0 Å². The zero-order chi connectivity index (χ0) is 20.5. The predicted molar refractivity (Wildman–Crippen MR) is 113 cm³/mol. The molecular weight excluding hydrogens is 364 g/mol. The Kier molecular flexibility index (Phi) is 6.79. The van der Waals surface area contributed by atoms with Crippen molar-refractivity contribution in [3.8, 4) is 5.75 Å². The maximum absolute atomic E-state index is 12.8. The summed E-state index contributed by atoms with van der Waals surface area (Å²) in [5.41, 5.74) is 2.39. The molecule has 2 N–H and O–H groups in total. The highest BCUT2D eigenvalue weighted by atomic mass is 16.5. The van der Waals surface area contributed by atoms with Gasteiger partial charge in [0.15, 0.2) is 0 Å². The highest BCUT2D eigenvalue weighted by Crippen LogP contribution is 2.12. The van der Waals surface area contributed by atoms with Crippen molar-refractivity contribution < 1.29 is 14.3 Å². The molecule has 0 aliphatic rings. The quantitative estimate of drug-likeness (QED) is 0.607. The van der Waals surface area contributed by atoms with E-state index >= 15 is 0 Å². The fourth-order valence-electron chi connectivity index (χ4n) is 2.68. The van der Waals surface area contributed by atoms with Crippen LogP contribution >= 0.6 is 0 Å². The van der Waals surface area contributed by atoms with Gasteiger partial charge in [-0.3, -0.25) is 9.59 Å². The molecule has 0 unspecified atom stereocenters. The molecule has 0 bridgehead atoms. The maximum atomic E-state index is 12.8. The molecule has 3 aromatic carbocycles. The van der Waals surface area contributed by atoms with Gasteiger partial charge < -0.3 is 15.4 Å². The van der Waals surface area contributed by atoms with Gasteiger partial charge in [0.05, 0.1) is 7.11 Å². The van der Waals surface area contributed by atoms with E-state index in [1.807, 2.05) is 60.7 Å². The SMILES string of the molecule is COc1ccc(C(=O)N/C(=C\c2ccccc2)C(=O)NCc2ccccc2)cc1. The summed E-state index contributed by atoms with van der Waals surface area (Å²) in [5.74, 6) is -0.0773. The summed E-state index contributed by atoms with van der Waals surface area (Å²) in [6.45, 7) is 0.365. The molecule has 5 nitrogen and oxygen atoms in total. The lowest BCUT2D eigenvalue weighted by Gasteiger charge is -2.12. The van der Waals surface area contributed by atoms with Gasteiger partial charge in [-0.25, -0.2) is 0 Å². The van der Waals surface area contributed by atoms with Crippen molar-refractivity contribution in [3.63, 3.8) is 0 Å². The van der Waals surface area contributed by atoms with E-state index in [0.717, 1.165) is 11.1 Å². The molecular formula is C24H22N2O3. The van der Waals surface area contributed by atoms with E-state index in [-0.39, 0.29) is 17.5 Å². The van der Waals surface area contributed by atoms with Crippen molar-refractivity contribution in [2.24, 2.45) is 0 Å². The summed E-state index contributed by atoms with van der Waals surface area (Å²) >= 11 is 0. The zero-order valence-corrected chi connectivity index (χ0v) is 16.1. The van der Waals surface area contributed by atoms with Gasteiger partial charge in [0.1, 0.15) is 11.4 Å². The Labute approximate surface area is 170 Å². The van der Waals surface area contributed by atoms with Gasteiger partial charge in [-0.1, -0.05) is 60.7 Å². The van der Waals surface area contributed by atoms with E-state index in [1.165, 1.54) is 0 Å². The van der Waals surface area contributed by atoms with Crippen molar-refractivity contribution in [2.45, 2.75) is 6.54 Å². The Balaban J connectivity index is 1.77. The Bertz CT molecular complexity index is 982. The summed E-state index contributed by atoms with van der Waals surface area (Å²) in [5, 5.41) is 5.58. The number of hydrogen-bond donors (Lipinski definition) is 2. The highest BCUT2D eigenvalue weighted by Gasteiger charge is 2.14. The molecule has 0 aromatic heterocycles. The lowest BCUT2D eigenvalue weighted by Crippen LogP contribution is -2.34. The predicted octanol–water partition coefficient (Wildman–Crippen LogP) is 3.78. The van der Waals surface area contributed by atoms with Crippen LogP contribution in [0.1, 0.15) is 21.5 Å². The van der Waals surface area contributed by atoms with Crippen LogP contribution in [0.4, 0.5) is 0 Å². The molecule has 0 saturated carbocycles. The molecule has 0 spiro atoms. The van der Waals surface area contributed by atoms with Gasteiger partial charge in [0.2, 0.25) is 0 Å². The van der Waals surface area contributed by atoms with Crippen LogP contribution in [-0.4, -0.2) is 18.9 Å². The number of hydrogen-bond acceptors (Lipinski definition) is 3. The second-order valence-corrected chi connectivity index (χ2v) is 6.32. The highest BCUT2D eigenvalue weighted by molar-refractivity contribution is 6.05.